The molecule has 0 amide bonds. The van der Waals surface area contributed by atoms with Gasteiger partial charge in [0, 0.05) is 0 Å². The molecule has 1 aromatic carbocycles. The van der Waals surface area contributed by atoms with E-state index in [0.717, 1.165) is 5.56 Å². The predicted octanol–water partition coefficient (Wildman–Crippen LogP) is 1.37. The number of rotatable bonds is 2. The van der Waals surface area contributed by atoms with Crippen molar-refractivity contribution < 1.29 is 8.42 Å². The molecule has 0 spiro atoms. The van der Waals surface area contributed by atoms with Crippen LogP contribution in [0.3, 0.4) is 0 Å². The standard InChI is InChI=1S/C9H13NO2S/c1-3-13(11,12)8-6-4-5-7(2)9(8)10/h4-6H,3,10H2,1-2H3. The zero-order chi connectivity index (χ0) is 10.1. The van der Waals surface area contributed by atoms with Gasteiger partial charge in [0.2, 0.25) is 0 Å². The topological polar surface area (TPSA) is 60.2 Å². The van der Waals surface area contributed by atoms with Gasteiger partial charge in [0.05, 0.1) is 16.3 Å². The van der Waals surface area contributed by atoms with Crippen LogP contribution in [0.1, 0.15) is 12.5 Å². The van der Waals surface area contributed by atoms with Crippen LogP contribution in [-0.4, -0.2) is 14.2 Å². The van der Waals surface area contributed by atoms with Crippen molar-refractivity contribution in [1.82, 2.24) is 0 Å². The van der Waals surface area contributed by atoms with Crippen molar-refractivity contribution in [2.45, 2.75) is 18.7 Å². The molecule has 0 heterocycles. The van der Waals surface area contributed by atoms with Crippen molar-refractivity contribution in [3.63, 3.8) is 0 Å². The van der Waals surface area contributed by atoms with Gasteiger partial charge < -0.3 is 5.73 Å². The van der Waals surface area contributed by atoms with Crippen molar-refractivity contribution >= 4 is 15.5 Å². The normalized spacial score (nSPS) is 11.5. The Kier molecular flexibility index (Phi) is 2.61. The quantitative estimate of drug-likeness (QED) is 0.732. The Labute approximate surface area is 78.5 Å². The molecular weight excluding hydrogens is 186 g/mol. The molecule has 0 saturated heterocycles. The smallest absolute Gasteiger partial charge is 0.180 e. The zero-order valence-corrected chi connectivity index (χ0v) is 8.56. The Morgan fingerprint density at radius 1 is 1.38 bits per heavy atom. The van der Waals surface area contributed by atoms with E-state index in [1.54, 1.807) is 32.0 Å². The fourth-order valence-electron chi connectivity index (χ4n) is 1.08. The summed E-state index contributed by atoms with van der Waals surface area (Å²) < 4.78 is 23.0. The van der Waals surface area contributed by atoms with E-state index in [1.807, 2.05) is 0 Å². The molecule has 0 atom stereocenters. The minimum absolute atomic E-state index is 0.0840. The summed E-state index contributed by atoms with van der Waals surface area (Å²) in [5.41, 5.74) is 6.83. The molecule has 1 rings (SSSR count). The van der Waals surface area contributed by atoms with Gasteiger partial charge in [-0.05, 0) is 18.6 Å². The monoisotopic (exact) mass is 199 g/mol. The van der Waals surface area contributed by atoms with E-state index in [-0.39, 0.29) is 10.6 Å². The van der Waals surface area contributed by atoms with Gasteiger partial charge in [-0.15, -0.1) is 0 Å². The van der Waals surface area contributed by atoms with Crippen LogP contribution < -0.4 is 5.73 Å². The number of anilines is 1. The van der Waals surface area contributed by atoms with E-state index in [4.69, 9.17) is 5.73 Å². The fourth-order valence-corrected chi connectivity index (χ4v) is 2.17. The predicted molar refractivity (Wildman–Crippen MR) is 53.3 cm³/mol. The van der Waals surface area contributed by atoms with Crippen molar-refractivity contribution in [3.8, 4) is 0 Å². The highest BCUT2D eigenvalue weighted by atomic mass is 32.2. The minimum atomic E-state index is -3.18. The van der Waals surface area contributed by atoms with Crippen LogP contribution in [0.5, 0.6) is 0 Å². The molecule has 0 aromatic heterocycles. The maximum absolute atomic E-state index is 11.5. The lowest BCUT2D eigenvalue weighted by atomic mass is 10.2. The molecule has 0 aliphatic heterocycles. The average Bonchev–Trinajstić information content (AvgIpc) is 2.09. The molecule has 13 heavy (non-hydrogen) atoms. The first-order chi connectivity index (χ1) is 5.99. The van der Waals surface area contributed by atoms with E-state index in [9.17, 15) is 8.42 Å². The number of aryl methyl sites for hydroxylation is 1. The van der Waals surface area contributed by atoms with Gasteiger partial charge in [-0.1, -0.05) is 19.1 Å². The Morgan fingerprint density at radius 2 is 2.00 bits per heavy atom. The molecule has 1 aromatic rings. The van der Waals surface area contributed by atoms with Crippen molar-refractivity contribution in [1.29, 1.82) is 0 Å². The highest BCUT2D eigenvalue weighted by Crippen LogP contribution is 2.22. The summed E-state index contributed by atoms with van der Waals surface area (Å²) >= 11 is 0. The van der Waals surface area contributed by atoms with E-state index in [1.165, 1.54) is 0 Å². The maximum Gasteiger partial charge on any atom is 0.180 e. The van der Waals surface area contributed by atoms with Crippen molar-refractivity contribution in [2.24, 2.45) is 0 Å². The zero-order valence-electron chi connectivity index (χ0n) is 7.74. The number of nitrogens with two attached hydrogens (primary N) is 1. The van der Waals surface area contributed by atoms with Gasteiger partial charge >= 0.3 is 0 Å². The molecule has 0 saturated carbocycles. The maximum atomic E-state index is 11.5. The number of nitrogen functional groups attached to an aromatic ring is 1. The molecular formula is C9H13NO2S. The van der Waals surface area contributed by atoms with Crippen LogP contribution in [-0.2, 0) is 9.84 Å². The third kappa shape index (κ3) is 1.83. The van der Waals surface area contributed by atoms with Crippen LogP contribution in [0.15, 0.2) is 23.1 Å². The van der Waals surface area contributed by atoms with Gasteiger partial charge in [0.25, 0.3) is 0 Å². The molecule has 4 heteroatoms. The second kappa shape index (κ2) is 3.38. The third-order valence-electron chi connectivity index (χ3n) is 2.00. The van der Waals surface area contributed by atoms with Crippen LogP contribution in [0.25, 0.3) is 0 Å². The first-order valence-corrected chi connectivity index (χ1v) is 5.72. The summed E-state index contributed by atoms with van der Waals surface area (Å²) in [7, 11) is -3.18. The number of hydrogen-bond donors (Lipinski definition) is 1. The first-order valence-electron chi connectivity index (χ1n) is 4.07. The lowest BCUT2D eigenvalue weighted by molar-refractivity contribution is 0.597. The van der Waals surface area contributed by atoms with Gasteiger partial charge in [-0.2, -0.15) is 0 Å². The number of hydrogen-bond acceptors (Lipinski definition) is 3. The van der Waals surface area contributed by atoms with Gasteiger partial charge in [0.1, 0.15) is 0 Å². The Morgan fingerprint density at radius 3 is 2.54 bits per heavy atom. The molecule has 3 nitrogen and oxygen atoms in total. The highest BCUT2D eigenvalue weighted by Gasteiger charge is 2.15. The molecule has 0 fully saturated rings. The molecule has 0 radical (unpaired) electrons. The number of sulfone groups is 1. The van der Waals surface area contributed by atoms with Gasteiger partial charge in [-0.25, -0.2) is 8.42 Å². The van der Waals surface area contributed by atoms with E-state index in [0.29, 0.717) is 5.69 Å². The van der Waals surface area contributed by atoms with Gasteiger partial charge in [0.15, 0.2) is 9.84 Å². The van der Waals surface area contributed by atoms with Crippen LogP contribution in [0, 0.1) is 6.92 Å². The number of benzene rings is 1. The average molecular weight is 199 g/mol. The Hall–Kier alpha value is -1.03. The SMILES string of the molecule is CCS(=O)(=O)c1cccc(C)c1N. The lowest BCUT2D eigenvalue weighted by Crippen LogP contribution is -2.07. The Bertz CT molecular complexity index is 410. The molecule has 0 unspecified atom stereocenters. The minimum Gasteiger partial charge on any atom is -0.397 e. The van der Waals surface area contributed by atoms with E-state index >= 15 is 0 Å². The largest absolute Gasteiger partial charge is 0.397 e. The first kappa shape index (κ1) is 10.1. The molecule has 2 N–H and O–H groups in total. The molecule has 0 aliphatic rings. The second-order valence-electron chi connectivity index (χ2n) is 2.89. The molecule has 0 aliphatic carbocycles. The Balaban J connectivity index is 3.40. The summed E-state index contributed by atoms with van der Waals surface area (Å²) in [6, 6.07) is 5.04. The van der Waals surface area contributed by atoms with Crippen LogP contribution >= 0.6 is 0 Å². The third-order valence-corrected chi connectivity index (χ3v) is 3.79. The molecule has 72 valence electrons. The summed E-state index contributed by atoms with van der Waals surface area (Å²) in [6.45, 7) is 3.40. The number of para-hydroxylation sites is 1. The van der Waals surface area contributed by atoms with Crippen LogP contribution in [0.2, 0.25) is 0 Å². The molecule has 0 bridgehead atoms. The summed E-state index contributed by atoms with van der Waals surface area (Å²) in [6.07, 6.45) is 0. The van der Waals surface area contributed by atoms with Gasteiger partial charge in [-0.3, -0.25) is 0 Å². The second-order valence-corrected chi connectivity index (χ2v) is 5.14. The van der Waals surface area contributed by atoms with Crippen molar-refractivity contribution in [3.05, 3.63) is 23.8 Å². The van der Waals surface area contributed by atoms with Crippen molar-refractivity contribution in [2.75, 3.05) is 11.5 Å². The fraction of sp³-hybridized carbons (Fsp3) is 0.333. The summed E-state index contributed by atoms with van der Waals surface area (Å²) in [5.74, 6) is 0.0840. The summed E-state index contributed by atoms with van der Waals surface area (Å²) in [5, 5.41) is 0. The summed E-state index contributed by atoms with van der Waals surface area (Å²) in [4.78, 5) is 0.245. The van der Waals surface area contributed by atoms with E-state index < -0.39 is 9.84 Å². The van der Waals surface area contributed by atoms with E-state index in [2.05, 4.69) is 0 Å². The van der Waals surface area contributed by atoms with Crippen LogP contribution in [0.4, 0.5) is 5.69 Å². The highest BCUT2D eigenvalue weighted by molar-refractivity contribution is 7.91. The lowest BCUT2D eigenvalue weighted by Gasteiger charge is -2.07.